The molecule has 2 aliphatic carbocycles. The number of carbonyl (C=O) groups excluding carboxylic acids is 1. The number of hydrogen-bond acceptors (Lipinski definition) is 8. The first-order chi connectivity index (χ1) is 26.5. The lowest BCUT2D eigenvalue weighted by Gasteiger charge is -2.44. The van der Waals surface area contributed by atoms with Crippen molar-refractivity contribution in [3.05, 3.63) is 86.5 Å². The molecule has 5 aromatic rings. The van der Waals surface area contributed by atoms with Crippen LogP contribution in [0.2, 0.25) is 0 Å². The van der Waals surface area contributed by atoms with Crippen molar-refractivity contribution in [2.75, 3.05) is 18.5 Å². The molecular formula is C39H39BrF4N6O6. The summed E-state index contributed by atoms with van der Waals surface area (Å²) in [5.41, 5.74) is -1.47. The largest absolute Gasteiger partial charge is 0.486 e. The molecule has 1 N–H and O–H groups in total. The second-order valence-electron chi connectivity index (χ2n) is 16.5. The summed E-state index contributed by atoms with van der Waals surface area (Å²) in [5, 5.41) is 2.47. The maximum atomic E-state index is 16.1. The molecule has 5 aromatic heterocycles. The van der Waals surface area contributed by atoms with Crippen LogP contribution in [0.3, 0.4) is 0 Å². The van der Waals surface area contributed by atoms with Gasteiger partial charge in [0.1, 0.15) is 11.3 Å². The van der Waals surface area contributed by atoms with Crippen LogP contribution in [-0.2, 0) is 20.3 Å². The second-order valence-corrected chi connectivity index (χ2v) is 17.4. The molecule has 296 valence electrons. The SMILES string of the molecule is CC(C)Oc1c(NC(=O)c2cccn(C(F)F)c2=O)cn2cc(C34COC(CCC(C)Oc5c(Br)cn6cc(C78COC(C)(C7)C8)nc6c5F)(C3)C4)nc2c1F. The van der Waals surface area contributed by atoms with Crippen molar-refractivity contribution < 1.29 is 41.3 Å². The summed E-state index contributed by atoms with van der Waals surface area (Å²) >= 11 is 3.50. The standard InChI is InChI=1S/C39H39BrF4N6O6/c1-20(2)55-30-24(45-33(51)22-6-5-9-50(34(22)52)35(43)44)11-49-13-26(47-32(49)28(30)42)38-16-39(17-38,54-19-38)8-7-21(3)56-29-23(40)10-48-12-25(46-31(48)27(29)41)37-14-36(4,15-37)53-18-37/h5-6,9-13,20-21,35H,7-8,14-19H2,1-4H3,(H,45,51). The zero-order valence-electron chi connectivity index (χ0n) is 31.0. The van der Waals surface area contributed by atoms with Gasteiger partial charge in [0.15, 0.2) is 22.8 Å². The fourth-order valence-corrected chi connectivity index (χ4v) is 9.75. The molecule has 1 atom stereocenters. The lowest BCUT2D eigenvalue weighted by Crippen LogP contribution is -2.47. The number of imidazole rings is 2. The van der Waals surface area contributed by atoms with Crippen molar-refractivity contribution in [1.82, 2.24) is 23.3 Å². The van der Waals surface area contributed by atoms with E-state index in [1.807, 2.05) is 13.1 Å². The molecule has 6 fully saturated rings. The van der Waals surface area contributed by atoms with Crippen LogP contribution in [0.1, 0.15) is 94.5 Å². The van der Waals surface area contributed by atoms with E-state index in [4.69, 9.17) is 18.9 Å². The summed E-state index contributed by atoms with van der Waals surface area (Å²) < 4.78 is 86.6. The number of aromatic nitrogens is 5. The summed E-state index contributed by atoms with van der Waals surface area (Å²) in [6.45, 7) is 5.14. The van der Waals surface area contributed by atoms with E-state index in [-0.39, 0.29) is 50.2 Å². The van der Waals surface area contributed by atoms with Crippen LogP contribution in [0.5, 0.6) is 11.5 Å². The molecule has 9 heterocycles. The Labute approximate surface area is 326 Å². The Morgan fingerprint density at radius 3 is 2.18 bits per heavy atom. The van der Waals surface area contributed by atoms with Gasteiger partial charge in [0.25, 0.3) is 11.5 Å². The minimum atomic E-state index is -3.15. The summed E-state index contributed by atoms with van der Waals surface area (Å²) in [5.74, 6) is -2.58. The van der Waals surface area contributed by atoms with Crippen LogP contribution in [0.25, 0.3) is 11.3 Å². The van der Waals surface area contributed by atoms with Crippen molar-refractivity contribution in [1.29, 1.82) is 0 Å². The van der Waals surface area contributed by atoms with E-state index in [1.165, 1.54) is 10.6 Å². The normalized spacial score (nSPS) is 26.9. The van der Waals surface area contributed by atoms with Crippen molar-refractivity contribution in [2.24, 2.45) is 0 Å². The van der Waals surface area contributed by atoms with E-state index < -0.39 is 52.3 Å². The van der Waals surface area contributed by atoms with E-state index in [1.54, 1.807) is 30.6 Å². The number of hydrogen-bond donors (Lipinski definition) is 1. The second kappa shape index (κ2) is 12.8. The molecule has 17 heteroatoms. The summed E-state index contributed by atoms with van der Waals surface area (Å²) in [7, 11) is 0. The Hall–Kier alpha value is -4.48. The number of pyridine rings is 3. The Morgan fingerprint density at radius 2 is 1.55 bits per heavy atom. The molecule has 11 rings (SSSR count). The first-order valence-electron chi connectivity index (χ1n) is 18.5. The highest BCUT2D eigenvalue weighted by Crippen LogP contribution is 2.61. The van der Waals surface area contributed by atoms with Crippen LogP contribution < -0.4 is 20.3 Å². The van der Waals surface area contributed by atoms with Crippen molar-refractivity contribution in [2.45, 2.75) is 107 Å². The van der Waals surface area contributed by atoms with Gasteiger partial charge >= 0.3 is 6.55 Å². The minimum absolute atomic E-state index is 0.0363. The fraction of sp³-hybridized carbons (Fsp3) is 0.487. The molecule has 6 aliphatic rings. The Morgan fingerprint density at radius 1 is 0.929 bits per heavy atom. The van der Waals surface area contributed by atoms with Gasteiger partial charge in [-0.3, -0.25) is 14.2 Å². The minimum Gasteiger partial charge on any atom is -0.486 e. The monoisotopic (exact) mass is 842 g/mol. The van der Waals surface area contributed by atoms with Crippen LogP contribution in [0, 0.1) is 11.6 Å². The van der Waals surface area contributed by atoms with Gasteiger partial charge in [0, 0.05) is 41.8 Å². The van der Waals surface area contributed by atoms with Gasteiger partial charge in [-0.2, -0.15) is 17.6 Å². The third-order valence-corrected chi connectivity index (χ3v) is 12.3. The molecule has 0 spiro atoms. The highest BCUT2D eigenvalue weighted by Gasteiger charge is 2.64. The predicted molar refractivity (Wildman–Crippen MR) is 198 cm³/mol. The topological polar surface area (TPSA) is 123 Å². The fourth-order valence-electron chi connectivity index (χ4n) is 9.26. The molecular weight excluding hydrogens is 804 g/mol. The van der Waals surface area contributed by atoms with Gasteiger partial charge in [-0.15, -0.1) is 0 Å². The predicted octanol–water partition coefficient (Wildman–Crippen LogP) is 7.49. The summed E-state index contributed by atoms with van der Waals surface area (Å²) in [4.78, 5) is 35.0. The molecule has 4 aliphatic heterocycles. The lowest BCUT2D eigenvalue weighted by molar-refractivity contribution is -0.0193. The smallest absolute Gasteiger partial charge is 0.321 e. The maximum absolute atomic E-state index is 16.1. The number of fused-ring (bicyclic) bond motifs is 4. The quantitative estimate of drug-likeness (QED) is 0.128. The van der Waals surface area contributed by atoms with Gasteiger partial charge in [-0.25, -0.2) is 9.97 Å². The molecule has 12 nitrogen and oxygen atoms in total. The van der Waals surface area contributed by atoms with E-state index in [0.29, 0.717) is 49.1 Å². The van der Waals surface area contributed by atoms with E-state index in [2.05, 4.69) is 38.1 Å². The Balaban J connectivity index is 0.894. The van der Waals surface area contributed by atoms with Gasteiger partial charge in [-0.1, -0.05) is 0 Å². The van der Waals surface area contributed by atoms with Gasteiger partial charge in [0.2, 0.25) is 11.6 Å². The molecule has 1 unspecified atom stereocenters. The van der Waals surface area contributed by atoms with Crippen molar-refractivity contribution in [3.63, 3.8) is 0 Å². The number of amides is 1. The summed E-state index contributed by atoms with van der Waals surface area (Å²) in [6, 6.07) is 2.26. The number of nitrogens with one attached hydrogen (secondary N) is 1. The van der Waals surface area contributed by atoms with E-state index in [9.17, 15) is 18.4 Å². The maximum Gasteiger partial charge on any atom is 0.321 e. The molecule has 56 heavy (non-hydrogen) atoms. The number of nitrogens with zero attached hydrogens (tertiary/aromatic N) is 5. The highest BCUT2D eigenvalue weighted by atomic mass is 79.9. The van der Waals surface area contributed by atoms with Gasteiger partial charge in [0.05, 0.1) is 52.5 Å². The van der Waals surface area contributed by atoms with Crippen LogP contribution in [0.4, 0.5) is 23.2 Å². The number of carbonyl (C=O) groups is 1. The lowest BCUT2D eigenvalue weighted by atomic mass is 9.59. The van der Waals surface area contributed by atoms with Gasteiger partial charge in [-0.05, 0) is 94.3 Å². The van der Waals surface area contributed by atoms with Crippen LogP contribution in [0.15, 0.2) is 52.4 Å². The number of anilines is 1. The van der Waals surface area contributed by atoms with Crippen LogP contribution in [-0.4, -0.2) is 65.9 Å². The number of ether oxygens (including phenoxy) is 4. The number of halogens is 5. The van der Waals surface area contributed by atoms with Crippen LogP contribution >= 0.6 is 15.9 Å². The molecule has 0 radical (unpaired) electrons. The molecule has 4 bridgehead atoms. The molecule has 2 saturated carbocycles. The van der Waals surface area contributed by atoms with E-state index >= 15 is 8.78 Å². The zero-order chi connectivity index (χ0) is 39.5. The van der Waals surface area contributed by atoms with Crippen molar-refractivity contribution in [3.8, 4) is 11.5 Å². The molecule has 0 aromatic carbocycles. The van der Waals surface area contributed by atoms with E-state index in [0.717, 1.165) is 36.9 Å². The average Bonchev–Trinajstić information content (AvgIpc) is 3.96. The third kappa shape index (κ3) is 5.82. The average molecular weight is 844 g/mol. The third-order valence-electron chi connectivity index (χ3n) is 11.8. The number of rotatable bonds is 12. The Bertz CT molecular complexity index is 2490. The highest BCUT2D eigenvalue weighted by molar-refractivity contribution is 9.10. The first kappa shape index (κ1) is 37.1. The van der Waals surface area contributed by atoms with Crippen molar-refractivity contribution >= 4 is 38.8 Å². The number of alkyl halides is 2. The first-order valence-corrected chi connectivity index (χ1v) is 19.3. The molecule has 1 amide bonds. The Kier molecular flexibility index (Phi) is 8.46. The molecule has 4 saturated heterocycles. The zero-order valence-corrected chi connectivity index (χ0v) is 32.6. The summed E-state index contributed by atoms with van der Waals surface area (Å²) in [6.07, 6.45) is 11.0. The van der Waals surface area contributed by atoms with Gasteiger partial charge < -0.3 is 33.1 Å².